The molecule has 20 heavy (non-hydrogen) atoms. The van der Waals surface area contributed by atoms with E-state index in [1.165, 1.54) is 0 Å². The minimum atomic E-state index is -0.414. The van der Waals surface area contributed by atoms with Crippen molar-refractivity contribution in [2.45, 2.75) is 57.3 Å². The highest BCUT2D eigenvalue weighted by molar-refractivity contribution is 5.85. The normalized spacial score (nSPS) is 30.8. The maximum absolute atomic E-state index is 12.0. The molecule has 3 N–H and O–H groups in total. The minimum Gasteiger partial charge on any atom is -0.376 e. The third-order valence-corrected chi connectivity index (χ3v) is 4.21. The number of hydrogen-bond acceptors (Lipinski definition) is 4. The molecule has 2 rings (SSSR count). The average Bonchev–Trinajstić information content (AvgIpc) is 3.06. The Kier molecular flexibility index (Phi) is 7.80. The molecule has 4 atom stereocenters. The van der Waals surface area contributed by atoms with Gasteiger partial charge >= 0.3 is 0 Å². The quantitative estimate of drug-likeness (QED) is 0.774. The maximum atomic E-state index is 12.0. The molecule has 118 valence electrons. The number of rotatable bonds is 6. The van der Waals surface area contributed by atoms with E-state index < -0.39 is 6.10 Å². The molecule has 0 spiro atoms. The van der Waals surface area contributed by atoms with Crippen molar-refractivity contribution in [3.05, 3.63) is 0 Å². The van der Waals surface area contributed by atoms with Gasteiger partial charge < -0.3 is 20.5 Å². The topological polar surface area (TPSA) is 73.6 Å². The van der Waals surface area contributed by atoms with Crippen LogP contribution < -0.4 is 11.1 Å². The van der Waals surface area contributed by atoms with E-state index in [9.17, 15) is 4.79 Å². The number of ether oxygens (including phenoxy) is 2. The van der Waals surface area contributed by atoms with Gasteiger partial charge in [-0.2, -0.15) is 0 Å². The summed E-state index contributed by atoms with van der Waals surface area (Å²) in [6, 6.07) is 0.228. The van der Waals surface area contributed by atoms with E-state index in [0.29, 0.717) is 19.1 Å². The third kappa shape index (κ3) is 4.88. The first kappa shape index (κ1) is 17.7. The van der Waals surface area contributed by atoms with Gasteiger partial charge in [0, 0.05) is 12.6 Å². The molecule has 5 nitrogen and oxygen atoms in total. The second-order valence-electron chi connectivity index (χ2n) is 5.65. The molecular weight excluding hydrogens is 280 g/mol. The van der Waals surface area contributed by atoms with Crippen LogP contribution in [-0.4, -0.2) is 43.9 Å². The van der Waals surface area contributed by atoms with Gasteiger partial charge in [0.2, 0.25) is 5.91 Å². The largest absolute Gasteiger partial charge is 0.376 e. The Bertz CT molecular complexity index is 298. The fourth-order valence-corrected chi connectivity index (χ4v) is 2.91. The number of amides is 1. The van der Waals surface area contributed by atoms with Crippen LogP contribution in [0.15, 0.2) is 0 Å². The summed E-state index contributed by atoms with van der Waals surface area (Å²) in [5, 5.41) is 3.07. The van der Waals surface area contributed by atoms with Crippen LogP contribution in [0.1, 0.15) is 39.0 Å². The minimum absolute atomic E-state index is 0. The van der Waals surface area contributed by atoms with Gasteiger partial charge in [0.1, 0.15) is 6.10 Å². The van der Waals surface area contributed by atoms with Gasteiger partial charge in [0.05, 0.1) is 12.7 Å². The van der Waals surface area contributed by atoms with Crippen LogP contribution in [-0.2, 0) is 14.3 Å². The van der Waals surface area contributed by atoms with Crippen molar-refractivity contribution >= 4 is 18.3 Å². The van der Waals surface area contributed by atoms with Crippen molar-refractivity contribution in [3.8, 4) is 0 Å². The van der Waals surface area contributed by atoms with Crippen LogP contribution in [0.25, 0.3) is 0 Å². The molecule has 0 aromatic rings. The number of halogens is 1. The van der Waals surface area contributed by atoms with Crippen LogP contribution in [0.2, 0.25) is 0 Å². The summed E-state index contributed by atoms with van der Waals surface area (Å²) in [5.41, 5.74) is 5.72. The lowest BCUT2D eigenvalue weighted by Crippen LogP contribution is -2.45. The van der Waals surface area contributed by atoms with E-state index in [4.69, 9.17) is 15.2 Å². The number of nitrogens with two attached hydrogens (primary N) is 1. The summed E-state index contributed by atoms with van der Waals surface area (Å²) in [6.45, 7) is 3.78. The molecule has 4 unspecified atom stereocenters. The van der Waals surface area contributed by atoms with Gasteiger partial charge in [-0.3, -0.25) is 4.79 Å². The van der Waals surface area contributed by atoms with Crippen LogP contribution in [0.4, 0.5) is 0 Å². The van der Waals surface area contributed by atoms with E-state index in [1.54, 1.807) is 6.92 Å². The standard InChI is InChI=1S/C14H26N2O3.ClH/c1-10(19-9-12-5-3-7-18-12)14(17)16-13-6-2-4-11(13)8-15;/h10-13H,2-9,15H2,1H3,(H,16,17);1H. The molecule has 1 amide bonds. The number of carbonyl (C=O) groups is 1. The third-order valence-electron chi connectivity index (χ3n) is 4.21. The van der Waals surface area contributed by atoms with Crippen LogP contribution >= 0.6 is 12.4 Å². The highest BCUT2D eigenvalue weighted by Gasteiger charge is 2.29. The zero-order valence-corrected chi connectivity index (χ0v) is 13.0. The summed E-state index contributed by atoms with van der Waals surface area (Å²) >= 11 is 0. The SMILES string of the molecule is CC(OCC1CCCO1)C(=O)NC1CCCC1CN.Cl. The van der Waals surface area contributed by atoms with Crippen molar-refractivity contribution in [1.29, 1.82) is 0 Å². The Balaban J connectivity index is 0.00000200. The van der Waals surface area contributed by atoms with E-state index in [0.717, 1.165) is 38.7 Å². The lowest BCUT2D eigenvalue weighted by Gasteiger charge is -2.22. The first-order chi connectivity index (χ1) is 9.20. The molecule has 1 aliphatic heterocycles. The number of carbonyl (C=O) groups excluding carboxylic acids is 1. The maximum Gasteiger partial charge on any atom is 0.249 e. The Morgan fingerprint density at radius 3 is 2.85 bits per heavy atom. The molecule has 1 saturated carbocycles. The molecule has 1 aliphatic carbocycles. The van der Waals surface area contributed by atoms with Gasteiger partial charge in [-0.1, -0.05) is 6.42 Å². The van der Waals surface area contributed by atoms with Gasteiger partial charge in [-0.05, 0) is 45.1 Å². The first-order valence-corrected chi connectivity index (χ1v) is 7.44. The Hall–Kier alpha value is -0.360. The Labute approximate surface area is 127 Å². The summed E-state index contributed by atoms with van der Waals surface area (Å²) in [4.78, 5) is 12.0. The van der Waals surface area contributed by atoms with Crippen LogP contribution in [0, 0.1) is 5.92 Å². The number of hydrogen-bond donors (Lipinski definition) is 2. The summed E-state index contributed by atoms with van der Waals surface area (Å²) < 4.78 is 11.1. The molecule has 2 aliphatic rings. The van der Waals surface area contributed by atoms with Crippen molar-refractivity contribution in [1.82, 2.24) is 5.32 Å². The van der Waals surface area contributed by atoms with Gasteiger partial charge in [-0.25, -0.2) is 0 Å². The molecule has 0 aromatic carbocycles. The fourth-order valence-electron chi connectivity index (χ4n) is 2.91. The molecule has 0 bridgehead atoms. The zero-order valence-electron chi connectivity index (χ0n) is 12.2. The fraction of sp³-hybridized carbons (Fsp3) is 0.929. The van der Waals surface area contributed by atoms with E-state index >= 15 is 0 Å². The summed E-state index contributed by atoms with van der Waals surface area (Å²) in [7, 11) is 0. The molecule has 2 fully saturated rings. The Morgan fingerprint density at radius 2 is 2.20 bits per heavy atom. The molecule has 0 aromatic heterocycles. The van der Waals surface area contributed by atoms with Crippen molar-refractivity contribution < 1.29 is 14.3 Å². The summed E-state index contributed by atoms with van der Waals surface area (Å²) in [6.07, 6.45) is 5.18. The van der Waals surface area contributed by atoms with E-state index in [2.05, 4.69) is 5.32 Å². The number of nitrogens with one attached hydrogen (secondary N) is 1. The molecule has 6 heteroatoms. The molecule has 1 saturated heterocycles. The Morgan fingerprint density at radius 1 is 1.40 bits per heavy atom. The molecular formula is C14H27ClN2O3. The van der Waals surface area contributed by atoms with E-state index in [-0.39, 0.29) is 30.5 Å². The van der Waals surface area contributed by atoms with Crippen LogP contribution in [0.5, 0.6) is 0 Å². The van der Waals surface area contributed by atoms with E-state index in [1.807, 2.05) is 0 Å². The zero-order chi connectivity index (χ0) is 13.7. The monoisotopic (exact) mass is 306 g/mol. The van der Waals surface area contributed by atoms with Gasteiger partial charge in [-0.15, -0.1) is 12.4 Å². The van der Waals surface area contributed by atoms with Crippen molar-refractivity contribution in [2.75, 3.05) is 19.8 Å². The highest BCUT2D eigenvalue weighted by Crippen LogP contribution is 2.24. The van der Waals surface area contributed by atoms with Crippen molar-refractivity contribution in [2.24, 2.45) is 11.7 Å². The second-order valence-corrected chi connectivity index (χ2v) is 5.65. The lowest BCUT2D eigenvalue weighted by molar-refractivity contribution is -0.134. The predicted octanol–water partition coefficient (Wildman–Crippen LogP) is 1.24. The second kappa shape index (κ2) is 8.82. The van der Waals surface area contributed by atoms with Gasteiger partial charge in [0.25, 0.3) is 0 Å². The predicted molar refractivity (Wildman–Crippen MR) is 80.0 cm³/mol. The summed E-state index contributed by atoms with van der Waals surface area (Å²) in [5.74, 6) is 0.401. The van der Waals surface area contributed by atoms with Crippen LogP contribution in [0.3, 0.4) is 0 Å². The first-order valence-electron chi connectivity index (χ1n) is 7.44. The van der Waals surface area contributed by atoms with Crippen molar-refractivity contribution in [3.63, 3.8) is 0 Å². The van der Waals surface area contributed by atoms with Gasteiger partial charge in [0.15, 0.2) is 0 Å². The smallest absolute Gasteiger partial charge is 0.249 e. The molecule has 0 radical (unpaired) electrons. The molecule has 1 heterocycles. The lowest BCUT2D eigenvalue weighted by atomic mass is 10.0. The highest BCUT2D eigenvalue weighted by atomic mass is 35.5. The average molecular weight is 307 g/mol.